The smallest absolute Gasteiger partial charge is 0.00472 e. The molecule has 0 aliphatic carbocycles. The molecular formula is C17H28N2. The second-order valence-electron chi connectivity index (χ2n) is 6.65. The zero-order chi connectivity index (χ0) is 13.9. The van der Waals surface area contributed by atoms with Crippen molar-refractivity contribution in [1.82, 2.24) is 4.90 Å². The summed E-state index contributed by atoms with van der Waals surface area (Å²) in [5.41, 5.74) is 8.87. The summed E-state index contributed by atoms with van der Waals surface area (Å²) in [6.45, 7) is 7.79. The summed E-state index contributed by atoms with van der Waals surface area (Å²) >= 11 is 0. The number of rotatable bonds is 4. The van der Waals surface area contributed by atoms with Crippen LogP contribution in [0.5, 0.6) is 0 Å². The Morgan fingerprint density at radius 2 is 2.16 bits per heavy atom. The third-order valence-corrected chi connectivity index (χ3v) is 4.53. The first-order valence-corrected chi connectivity index (χ1v) is 7.52. The topological polar surface area (TPSA) is 29.3 Å². The zero-order valence-electron chi connectivity index (χ0n) is 12.7. The summed E-state index contributed by atoms with van der Waals surface area (Å²) in [6.07, 6.45) is 3.68. The number of hydrogen-bond donors (Lipinski definition) is 1. The van der Waals surface area contributed by atoms with E-state index in [0.717, 1.165) is 13.0 Å². The van der Waals surface area contributed by atoms with E-state index in [1.54, 1.807) is 0 Å². The first-order valence-electron chi connectivity index (χ1n) is 7.52. The van der Waals surface area contributed by atoms with E-state index in [2.05, 4.69) is 50.1 Å². The first-order chi connectivity index (χ1) is 9.03. The fraction of sp³-hybridized carbons (Fsp3) is 0.647. The largest absolute Gasteiger partial charge is 0.330 e. The lowest BCUT2D eigenvalue weighted by Gasteiger charge is -2.31. The fourth-order valence-electron chi connectivity index (χ4n) is 3.16. The van der Waals surface area contributed by atoms with Crippen LogP contribution in [0.15, 0.2) is 24.3 Å². The van der Waals surface area contributed by atoms with Gasteiger partial charge in [-0.3, -0.25) is 0 Å². The third-order valence-electron chi connectivity index (χ3n) is 4.53. The summed E-state index contributed by atoms with van der Waals surface area (Å²) in [6, 6.07) is 9.19. The summed E-state index contributed by atoms with van der Waals surface area (Å²) in [7, 11) is 2.23. The monoisotopic (exact) mass is 260 g/mol. The molecule has 19 heavy (non-hydrogen) atoms. The summed E-state index contributed by atoms with van der Waals surface area (Å²) < 4.78 is 0. The Bertz CT molecular complexity index is 411. The van der Waals surface area contributed by atoms with E-state index in [4.69, 9.17) is 5.73 Å². The van der Waals surface area contributed by atoms with E-state index in [0.29, 0.717) is 5.92 Å². The first kappa shape index (κ1) is 14.5. The Morgan fingerprint density at radius 1 is 1.37 bits per heavy atom. The van der Waals surface area contributed by atoms with Crippen molar-refractivity contribution in [2.24, 2.45) is 5.73 Å². The SMILES string of the molecule is CN1CCCC(c2cccc(C(C)(C)CCN)c2)C1. The molecule has 106 valence electrons. The van der Waals surface area contributed by atoms with Gasteiger partial charge in [0.1, 0.15) is 0 Å². The number of benzene rings is 1. The minimum atomic E-state index is 0.186. The maximum atomic E-state index is 5.74. The molecule has 0 saturated carbocycles. The summed E-state index contributed by atoms with van der Waals surface area (Å²) in [5, 5.41) is 0. The average Bonchev–Trinajstić information content (AvgIpc) is 2.39. The number of nitrogens with zero attached hydrogens (tertiary/aromatic N) is 1. The summed E-state index contributed by atoms with van der Waals surface area (Å²) in [4.78, 5) is 2.45. The molecule has 1 aromatic rings. The molecule has 0 amide bonds. The Labute approximate surface area is 118 Å². The van der Waals surface area contributed by atoms with Crippen molar-refractivity contribution in [1.29, 1.82) is 0 Å². The van der Waals surface area contributed by atoms with Crippen LogP contribution < -0.4 is 5.73 Å². The van der Waals surface area contributed by atoms with E-state index in [9.17, 15) is 0 Å². The second-order valence-corrected chi connectivity index (χ2v) is 6.65. The number of likely N-dealkylation sites (tertiary alicyclic amines) is 1. The van der Waals surface area contributed by atoms with Crippen molar-refractivity contribution in [3.8, 4) is 0 Å². The van der Waals surface area contributed by atoms with E-state index < -0.39 is 0 Å². The highest BCUT2D eigenvalue weighted by Crippen LogP contribution is 2.31. The van der Waals surface area contributed by atoms with Crippen LogP contribution in [-0.2, 0) is 5.41 Å². The number of likely N-dealkylation sites (N-methyl/N-ethyl adjacent to an activating group) is 1. The van der Waals surface area contributed by atoms with Crippen LogP contribution in [0.3, 0.4) is 0 Å². The van der Waals surface area contributed by atoms with Gasteiger partial charge in [-0.25, -0.2) is 0 Å². The summed E-state index contributed by atoms with van der Waals surface area (Å²) in [5.74, 6) is 0.701. The van der Waals surface area contributed by atoms with E-state index in [1.807, 2.05) is 0 Å². The molecule has 1 fully saturated rings. The van der Waals surface area contributed by atoms with Crippen LogP contribution in [0, 0.1) is 0 Å². The van der Waals surface area contributed by atoms with Gasteiger partial charge in [0.25, 0.3) is 0 Å². The highest BCUT2D eigenvalue weighted by molar-refractivity contribution is 5.31. The molecule has 1 unspecified atom stereocenters. The molecule has 1 aliphatic rings. The highest BCUT2D eigenvalue weighted by Gasteiger charge is 2.23. The van der Waals surface area contributed by atoms with Crippen molar-refractivity contribution >= 4 is 0 Å². The van der Waals surface area contributed by atoms with Crippen LogP contribution in [0.4, 0.5) is 0 Å². The van der Waals surface area contributed by atoms with E-state index in [-0.39, 0.29) is 5.41 Å². The van der Waals surface area contributed by atoms with Crippen LogP contribution in [0.2, 0.25) is 0 Å². The second kappa shape index (κ2) is 6.06. The quantitative estimate of drug-likeness (QED) is 0.901. The van der Waals surface area contributed by atoms with Gasteiger partial charge in [-0.2, -0.15) is 0 Å². The van der Waals surface area contributed by atoms with Crippen molar-refractivity contribution in [3.63, 3.8) is 0 Å². The van der Waals surface area contributed by atoms with Crippen molar-refractivity contribution in [2.45, 2.75) is 44.4 Å². The van der Waals surface area contributed by atoms with Crippen molar-refractivity contribution < 1.29 is 0 Å². The van der Waals surface area contributed by atoms with Crippen molar-refractivity contribution in [3.05, 3.63) is 35.4 Å². The maximum Gasteiger partial charge on any atom is 0.00472 e. The van der Waals surface area contributed by atoms with Gasteiger partial charge >= 0.3 is 0 Å². The Kier molecular flexibility index (Phi) is 4.64. The molecule has 1 saturated heterocycles. The van der Waals surface area contributed by atoms with Gasteiger partial charge in [-0.1, -0.05) is 38.1 Å². The number of hydrogen-bond acceptors (Lipinski definition) is 2. The number of nitrogens with two attached hydrogens (primary N) is 1. The molecule has 1 aliphatic heterocycles. The molecule has 1 heterocycles. The highest BCUT2D eigenvalue weighted by atomic mass is 15.1. The predicted octanol–water partition coefficient (Wildman–Crippen LogP) is 3.12. The minimum Gasteiger partial charge on any atom is -0.330 e. The Hall–Kier alpha value is -0.860. The predicted molar refractivity (Wildman–Crippen MR) is 82.6 cm³/mol. The van der Waals surface area contributed by atoms with Crippen LogP contribution in [0.25, 0.3) is 0 Å². The lowest BCUT2D eigenvalue weighted by Crippen LogP contribution is -2.31. The average molecular weight is 260 g/mol. The van der Waals surface area contributed by atoms with Gasteiger partial charge < -0.3 is 10.6 Å². The Balaban J connectivity index is 2.19. The van der Waals surface area contributed by atoms with Gasteiger partial charge in [0.15, 0.2) is 0 Å². The molecular weight excluding hydrogens is 232 g/mol. The van der Waals surface area contributed by atoms with Crippen LogP contribution in [-0.4, -0.2) is 31.6 Å². The van der Waals surface area contributed by atoms with Gasteiger partial charge in [0.05, 0.1) is 0 Å². The molecule has 0 spiro atoms. The van der Waals surface area contributed by atoms with E-state index >= 15 is 0 Å². The normalized spacial score (nSPS) is 21.6. The molecule has 0 radical (unpaired) electrons. The van der Waals surface area contributed by atoms with Crippen LogP contribution >= 0.6 is 0 Å². The van der Waals surface area contributed by atoms with Gasteiger partial charge in [0.2, 0.25) is 0 Å². The molecule has 1 aromatic carbocycles. The number of piperidine rings is 1. The van der Waals surface area contributed by atoms with Crippen molar-refractivity contribution in [2.75, 3.05) is 26.7 Å². The third kappa shape index (κ3) is 3.58. The van der Waals surface area contributed by atoms with E-state index in [1.165, 1.54) is 37.1 Å². The molecule has 2 rings (SSSR count). The van der Waals surface area contributed by atoms with Gasteiger partial charge in [-0.15, -0.1) is 0 Å². The lowest BCUT2D eigenvalue weighted by molar-refractivity contribution is 0.250. The molecule has 1 atom stereocenters. The molecule has 2 heteroatoms. The standard InChI is InChI=1S/C17H28N2/c1-17(2,9-10-18)16-8-4-6-14(12-16)15-7-5-11-19(3)13-15/h4,6,8,12,15H,5,7,9-11,13,18H2,1-3H3. The molecule has 0 bridgehead atoms. The molecule has 2 N–H and O–H groups in total. The lowest BCUT2D eigenvalue weighted by atomic mass is 9.79. The molecule has 2 nitrogen and oxygen atoms in total. The maximum absolute atomic E-state index is 5.74. The molecule has 0 aromatic heterocycles. The zero-order valence-corrected chi connectivity index (χ0v) is 12.7. The fourth-order valence-corrected chi connectivity index (χ4v) is 3.16. The van der Waals surface area contributed by atoms with Gasteiger partial charge in [-0.05, 0) is 61.9 Å². The van der Waals surface area contributed by atoms with Gasteiger partial charge in [0, 0.05) is 6.54 Å². The Morgan fingerprint density at radius 3 is 2.84 bits per heavy atom. The van der Waals surface area contributed by atoms with Crippen LogP contribution in [0.1, 0.15) is 50.2 Å². The minimum absolute atomic E-state index is 0.186.